The Labute approximate surface area is 102 Å². The highest BCUT2D eigenvalue weighted by Gasteiger charge is 2.28. The van der Waals surface area contributed by atoms with Crippen LogP contribution in [-0.2, 0) is 23.1 Å². The van der Waals surface area contributed by atoms with E-state index in [2.05, 4.69) is 4.52 Å². The first-order valence-corrected chi connectivity index (χ1v) is 7.17. The Morgan fingerprint density at radius 2 is 1.88 bits per heavy atom. The molecule has 0 spiro atoms. The van der Waals surface area contributed by atoms with Gasteiger partial charge in [0.05, 0.1) is 6.61 Å². The molecule has 0 saturated carbocycles. The third-order valence-corrected chi connectivity index (χ3v) is 3.21. The fraction of sp³-hybridized carbons (Fsp3) is 0.900. The normalized spacial score (nSPS) is 18.2. The van der Waals surface area contributed by atoms with E-state index in [0.29, 0.717) is 12.8 Å². The predicted molar refractivity (Wildman–Crippen MR) is 62.5 cm³/mol. The topological polar surface area (TPSA) is 82.1 Å². The second-order valence-electron chi connectivity index (χ2n) is 3.64. The molecule has 0 aromatic heterocycles. The van der Waals surface area contributed by atoms with Crippen molar-refractivity contribution in [1.82, 2.24) is 0 Å². The molecule has 0 aromatic carbocycles. The molecule has 3 atom stereocenters. The van der Waals surface area contributed by atoms with Crippen LogP contribution in [0.3, 0.4) is 0 Å². The zero-order valence-corrected chi connectivity index (χ0v) is 11.6. The highest BCUT2D eigenvalue weighted by Crippen LogP contribution is 2.44. The van der Waals surface area contributed by atoms with E-state index in [1.165, 1.54) is 0 Å². The molecule has 0 radical (unpaired) electrons. The Balaban J connectivity index is 4.17. The second-order valence-corrected chi connectivity index (χ2v) is 5.05. The van der Waals surface area contributed by atoms with E-state index >= 15 is 0 Å². The summed E-state index contributed by atoms with van der Waals surface area (Å²) in [7, 11) is -4.05. The second kappa shape index (κ2) is 7.82. The summed E-state index contributed by atoms with van der Waals surface area (Å²) < 4.78 is 25.7. The van der Waals surface area contributed by atoms with E-state index in [1.807, 2.05) is 6.92 Å². The van der Waals surface area contributed by atoms with E-state index in [0.717, 1.165) is 0 Å². The number of phosphoric ester groups is 1. The van der Waals surface area contributed by atoms with Gasteiger partial charge in [0, 0.05) is 6.42 Å². The van der Waals surface area contributed by atoms with Gasteiger partial charge in [-0.1, -0.05) is 6.92 Å². The Morgan fingerprint density at radius 3 is 2.35 bits per heavy atom. The third kappa shape index (κ3) is 7.49. The standard InChI is InChI=1S/C10H21O6P/c1-5-7-10(11)15-8(3)9(4)16-17(12,13)14-6-2/h8-9H,5-7H2,1-4H3,(H,12,13). The van der Waals surface area contributed by atoms with Crippen molar-refractivity contribution in [2.45, 2.75) is 52.7 Å². The van der Waals surface area contributed by atoms with Crippen LogP contribution in [0.5, 0.6) is 0 Å². The Hall–Kier alpha value is -0.420. The van der Waals surface area contributed by atoms with Gasteiger partial charge in [-0.3, -0.25) is 13.8 Å². The number of carbonyl (C=O) groups excluding carboxylic acids is 1. The highest BCUT2D eigenvalue weighted by molar-refractivity contribution is 7.47. The quantitative estimate of drug-likeness (QED) is 0.537. The van der Waals surface area contributed by atoms with E-state index in [-0.39, 0.29) is 12.6 Å². The van der Waals surface area contributed by atoms with Gasteiger partial charge in [-0.25, -0.2) is 4.57 Å². The number of rotatable bonds is 8. The molecular weight excluding hydrogens is 247 g/mol. The first-order valence-electron chi connectivity index (χ1n) is 5.67. The highest BCUT2D eigenvalue weighted by atomic mass is 31.2. The lowest BCUT2D eigenvalue weighted by atomic mass is 10.2. The van der Waals surface area contributed by atoms with Crippen molar-refractivity contribution >= 4 is 13.8 Å². The van der Waals surface area contributed by atoms with Crippen LogP contribution in [0.25, 0.3) is 0 Å². The Morgan fingerprint density at radius 1 is 1.29 bits per heavy atom. The van der Waals surface area contributed by atoms with E-state index in [1.54, 1.807) is 20.8 Å². The molecule has 0 aliphatic heterocycles. The number of hydrogen-bond acceptors (Lipinski definition) is 5. The summed E-state index contributed by atoms with van der Waals surface area (Å²) in [6, 6.07) is 0. The van der Waals surface area contributed by atoms with Gasteiger partial charge in [0.15, 0.2) is 0 Å². The maximum Gasteiger partial charge on any atom is 0.472 e. The maximum atomic E-state index is 11.3. The number of carbonyl (C=O) groups is 1. The van der Waals surface area contributed by atoms with Crippen LogP contribution in [0.4, 0.5) is 0 Å². The molecule has 7 heteroatoms. The van der Waals surface area contributed by atoms with Gasteiger partial charge in [0.2, 0.25) is 0 Å². The first kappa shape index (κ1) is 16.6. The number of ether oxygens (including phenoxy) is 1. The van der Waals surface area contributed by atoms with Crippen LogP contribution in [0, 0.1) is 0 Å². The molecule has 17 heavy (non-hydrogen) atoms. The number of hydrogen-bond donors (Lipinski definition) is 1. The average molecular weight is 268 g/mol. The van der Waals surface area contributed by atoms with Crippen LogP contribution in [-0.4, -0.2) is 29.7 Å². The summed E-state index contributed by atoms with van der Waals surface area (Å²) in [5.74, 6) is -0.348. The lowest BCUT2D eigenvalue weighted by molar-refractivity contribution is -0.152. The molecule has 3 unspecified atom stereocenters. The van der Waals surface area contributed by atoms with Crippen LogP contribution in [0.15, 0.2) is 0 Å². The predicted octanol–water partition coefficient (Wildman–Crippen LogP) is 2.26. The van der Waals surface area contributed by atoms with Gasteiger partial charge in [-0.05, 0) is 27.2 Å². The van der Waals surface area contributed by atoms with Crippen molar-refractivity contribution in [3.63, 3.8) is 0 Å². The SMILES string of the molecule is CCCC(=O)OC(C)C(C)OP(=O)(O)OCC. The third-order valence-electron chi connectivity index (χ3n) is 2.02. The minimum atomic E-state index is -4.05. The van der Waals surface area contributed by atoms with Gasteiger partial charge < -0.3 is 9.63 Å². The van der Waals surface area contributed by atoms with Crippen molar-refractivity contribution in [3.8, 4) is 0 Å². The van der Waals surface area contributed by atoms with Gasteiger partial charge >= 0.3 is 13.8 Å². The van der Waals surface area contributed by atoms with Gasteiger partial charge in [0.1, 0.15) is 12.2 Å². The van der Waals surface area contributed by atoms with Crippen LogP contribution in [0.1, 0.15) is 40.5 Å². The summed E-state index contributed by atoms with van der Waals surface area (Å²) in [6.45, 7) is 6.67. The molecule has 0 aliphatic rings. The Kier molecular flexibility index (Phi) is 7.63. The zero-order chi connectivity index (χ0) is 13.5. The van der Waals surface area contributed by atoms with Crippen molar-refractivity contribution in [3.05, 3.63) is 0 Å². The van der Waals surface area contributed by atoms with Crippen LogP contribution < -0.4 is 0 Å². The first-order chi connectivity index (χ1) is 7.82. The smallest absolute Gasteiger partial charge is 0.460 e. The van der Waals surface area contributed by atoms with Gasteiger partial charge in [-0.15, -0.1) is 0 Å². The molecule has 1 N–H and O–H groups in total. The van der Waals surface area contributed by atoms with Crippen LogP contribution >= 0.6 is 7.82 Å². The minimum Gasteiger partial charge on any atom is -0.460 e. The van der Waals surface area contributed by atoms with Gasteiger partial charge in [0.25, 0.3) is 0 Å². The fourth-order valence-electron chi connectivity index (χ4n) is 1.06. The molecule has 6 nitrogen and oxygen atoms in total. The molecule has 0 fully saturated rings. The van der Waals surface area contributed by atoms with Crippen molar-refractivity contribution in [1.29, 1.82) is 0 Å². The Bertz CT molecular complexity index is 280. The summed E-state index contributed by atoms with van der Waals surface area (Å²) >= 11 is 0. The maximum absolute atomic E-state index is 11.3. The monoisotopic (exact) mass is 268 g/mol. The van der Waals surface area contributed by atoms with Gasteiger partial charge in [-0.2, -0.15) is 0 Å². The molecule has 0 amide bonds. The molecule has 0 rings (SSSR count). The van der Waals surface area contributed by atoms with Crippen LogP contribution in [0.2, 0.25) is 0 Å². The van der Waals surface area contributed by atoms with E-state index in [9.17, 15) is 14.3 Å². The lowest BCUT2D eigenvalue weighted by Crippen LogP contribution is -2.28. The summed E-state index contributed by atoms with van der Waals surface area (Å²) in [4.78, 5) is 20.5. The van der Waals surface area contributed by atoms with Crippen molar-refractivity contribution < 1.29 is 28.0 Å². The molecule has 0 aliphatic carbocycles. The minimum absolute atomic E-state index is 0.0739. The molecule has 0 saturated heterocycles. The van der Waals surface area contributed by atoms with E-state index in [4.69, 9.17) is 9.26 Å². The lowest BCUT2D eigenvalue weighted by Gasteiger charge is -2.22. The molecule has 0 bridgehead atoms. The van der Waals surface area contributed by atoms with Crippen molar-refractivity contribution in [2.24, 2.45) is 0 Å². The zero-order valence-electron chi connectivity index (χ0n) is 10.7. The average Bonchev–Trinajstić information content (AvgIpc) is 2.16. The van der Waals surface area contributed by atoms with Crippen molar-refractivity contribution in [2.75, 3.05) is 6.61 Å². The molecule has 102 valence electrons. The summed E-state index contributed by atoms with van der Waals surface area (Å²) in [5, 5.41) is 0. The fourth-order valence-corrected chi connectivity index (χ4v) is 2.03. The molecule has 0 aromatic rings. The molecule has 0 heterocycles. The van der Waals surface area contributed by atoms with E-state index < -0.39 is 20.0 Å². The molecular formula is C10H21O6P. The largest absolute Gasteiger partial charge is 0.472 e. The number of phosphoric acid groups is 1. The summed E-state index contributed by atoms with van der Waals surface area (Å²) in [5.41, 5.74) is 0. The summed E-state index contributed by atoms with van der Waals surface area (Å²) in [6.07, 6.45) is -0.300. The number of esters is 1.